The fourth-order valence-corrected chi connectivity index (χ4v) is 3.08. The predicted octanol–water partition coefficient (Wildman–Crippen LogP) is 4.62. The third kappa shape index (κ3) is 3.67. The first kappa shape index (κ1) is 15.9. The first-order valence-electron chi connectivity index (χ1n) is 7.98. The van der Waals surface area contributed by atoms with E-state index in [0.29, 0.717) is 10.7 Å². The van der Waals surface area contributed by atoms with Gasteiger partial charge in [0.15, 0.2) is 6.10 Å². The van der Waals surface area contributed by atoms with Gasteiger partial charge in [-0.05, 0) is 61.9 Å². The van der Waals surface area contributed by atoms with Crippen LogP contribution in [0.25, 0.3) is 0 Å². The van der Waals surface area contributed by atoms with Gasteiger partial charge in [0, 0.05) is 0 Å². The highest BCUT2D eigenvalue weighted by Crippen LogP contribution is 2.30. The fourth-order valence-electron chi connectivity index (χ4n) is 2.90. The van der Waals surface area contributed by atoms with E-state index >= 15 is 0 Å². The van der Waals surface area contributed by atoms with Crippen LogP contribution in [0.2, 0.25) is 5.02 Å². The van der Waals surface area contributed by atoms with Crippen LogP contribution in [0, 0.1) is 0 Å². The van der Waals surface area contributed by atoms with Crippen LogP contribution < -0.4 is 10.1 Å². The number of hydrogen-bond donors (Lipinski definition) is 1. The molecule has 0 fully saturated rings. The first-order chi connectivity index (χ1) is 11.1. The summed E-state index contributed by atoms with van der Waals surface area (Å²) in [6.45, 7) is 1.76. The topological polar surface area (TPSA) is 38.3 Å². The zero-order valence-corrected chi connectivity index (χ0v) is 13.9. The molecule has 0 radical (unpaired) electrons. The maximum atomic E-state index is 12.3. The Morgan fingerprint density at radius 1 is 1.13 bits per heavy atom. The Labute approximate surface area is 141 Å². The lowest BCUT2D eigenvalue weighted by molar-refractivity contribution is -0.122. The number of carbonyl (C=O) groups is 1. The summed E-state index contributed by atoms with van der Waals surface area (Å²) in [5, 5.41) is 3.33. The van der Waals surface area contributed by atoms with Gasteiger partial charge in [0.25, 0.3) is 5.91 Å². The molecule has 1 aliphatic carbocycles. The highest BCUT2D eigenvalue weighted by atomic mass is 35.5. The summed E-state index contributed by atoms with van der Waals surface area (Å²) in [7, 11) is 0. The van der Waals surface area contributed by atoms with Crippen molar-refractivity contribution in [2.24, 2.45) is 0 Å². The monoisotopic (exact) mass is 329 g/mol. The molecule has 1 atom stereocenters. The number of ether oxygens (including phenoxy) is 1. The Hall–Kier alpha value is -2.00. The Morgan fingerprint density at radius 3 is 2.74 bits per heavy atom. The summed E-state index contributed by atoms with van der Waals surface area (Å²) in [4.78, 5) is 12.3. The maximum absolute atomic E-state index is 12.3. The quantitative estimate of drug-likeness (QED) is 0.888. The Bertz CT molecular complexity index is 714. The van der Waals surface area contributed by atoms with Crippen molar-refractivity contribution < 1.29 is 9.53 Å². The van der Waals surface area contributed by atoms with Crippen LogP contribution in [-0.2, 0) is 17.6 Å². The molecule has 0 bridgehead atoms. The minimum Gasteiger partial charge on any atom is -0.481 e. The van der Waals surface area contributed by atoms with Crippen molar-refractivity contribution in [2.75, 3.05) is 5.32 Å². The Morgan fingerprint density at radius 2 is 1.91 bits per heavy atom. The molecule has 3 rings (SSSR count). The van der Waals surface area contributed by atoms with Crippen molar-refractivity contribution in [3.63, 3.8) is 0 Å². The number of carbonyl (C=O) groups excluding carboxylic acids is 1. The summed E-state index contributed by atoms with van der Waals surface area (Å²) in [5.74, 6) is 0.621. The summed E-state index contributed by atoms with van der Waals surface area (Å²) >= 11 is 6.07. The molecule has 23 heavy (non-hydrogen) atoms. The molecule has 1 N–H and O–H groups in total. The van der Waals surface area contributed by atoms with Gasteiger partial charge in [0.1, 0.15) is 5.75 Å². The number of rotatable bonds is 4. The van der Waals surface area contributed by atoms with Crippen molar-refractivity contribution in [1.82, 2.24) is 0 Å². The molecule has 0 aliphatic heterocycles. The predicted molar refractivity (Wildman–Crippen MR) is 93.3 cm³/mol. The largest absolute Gasteiger partial charge is 0.481 e. The van der Waals surface area contributed by atoms with Crippen LogP contribution in [0.5, 0.6) is 5.75 Å². The molecule has 1 aliphatic rings. The third-order valence-electron chi connectivity index (χ3n) is 4.16. The van der Waals surface area contributed by atoms with Crippen LogP contribution in [0.4, 0.5) is 5.69 Å². The molecule has 120 valence electrons. The van der Waals surface area contributed by atoms with Gasteiger partial charge in [-0.3, -0.25) is 4.79 Å². The van der Waals surface area contributed by atoms with Gasteiger partial charge in [-0.2, -0.15) is 0 Å². The first-order valence-corrected chi connectivity index (χ1v) is 8.36. The fraction of sp³-hybridized carbons (Fsp3) is 0.316. The molecule has 2 aromatic rings. The molecule has 1 amide bonds. The van der Waals surface area contributed by atoms with E-state index in [-0.39, 0.29) is 5.91 Å². The van der Waals surface area contributed by atoms with Gasteiger partial charge >= 0.3 is 0 Å². The Balaban J connectivity index is 1.71. The summed E-state index contributed by atoms with van der Waals surface area (Å²) in [6.07, 6.45) is 3.92. The average Bonchev–Trinajstić information content (AvgIpc) is 2.57. The third-order valence-corrected chi connectivity index (χ3v) is 4.49. The zero-order valence-electron chi connectivity index (χ0n) is 13.1. The molecular weight excluding hydrogens is 310 g/mol. The van der Waals surface area contributed by atoms with E-state index in [9.17, 15) is 4.79 Å². The van der Waals surface area contributed by atoms with Gasteiger partial charge in [0.2, 0.25) is 0 Å². The van der Waals surface area contributed by atoms with E-state index < -0.39 is 6.10 Å². The number of benzene rings is 2. The highest BCUT2D eigenvalue weighted by molar-refractivity contribution is 6.33. The minimum atomic E-state index is -0.584. The molecule has 0 spiro atoms. The van der Waals surface area contributed by atoms with Crippen LogP contribution in [0.3, 0.4) is 0 Å². The van der Waals surface area contributed by atoms with Crippen LogP contribution in [0.15, 0.2) is 42.5 Å². The summed E-state index contributed by atoms with van der Waals surface area (Å²) < 4.78 is 5.93. The second-order valence-electron chi connectivity index (χ2n) is 5.83. The maximum Gasteiger partial charge on any atom is 0.265 e. The van der Waals surface area contributed by atoms with E-state index in [4.69, 9.17) is 16.3 Å². The second kappa shape index (κ2) is 7.05. The number of anilines is 1. The van der Waals surface area contributed by atoms with Crippen molar-refractivity contribution in [2.45, 2.75) is 38.7 Å². The summed E-state index contributed by atoms with van der Waals surface area (Å²) in [5.41, 5.74) is 3.19. The van der Waals surface area contributed by atoms with Crippen LogP contribution >= 0.6 is 11.6 Å². The Kier molecular flexibility index (Phi) is 4.87. The highest BCUT2D eigenvalue weighted by Gasteiger charge is 2.19. The average molecular weight is 330 g/mol. The molecule has 2 aromatic carbocycles. The lowest BCUT2D eigenvalue weighted by Gasteiger charge is -2.22. The number of amides is 1. The molecule has 4 heteroatoms. The molecule has 0 saturated carbocycles. The van der Waals surface area contributed by atoms with Crippen molar-refractivity contribution in [3.8, 4) is 5.75 Å². The lowest BCUT2D eigenvalue weighted by atomic mass is 9.91. The van der Waals surface area contributed by atoms with E-state index in [1.54, 1.807) is 19.1 Å². The number of fused-ring (bicyclic) bond motifs is 1. The van der Waals surface area contributed by atoms with Crippen molar-refractivity contribution in [3.05, 3.63) is 58.6 Å². The van der Waals surface area contributed by atoms with Gasteiger partial charge < -0.3 is 10.1 Å². The number of hydrogen-bond acceptors (Lipinski definition) is 2. The minimum absolute atomic E-state index is 0.202. The zero-order chi connectivity index (χ0) is 16.2. The van der Waals surface area contributed by atoms with Gasteiger partial charge in [-0.15, -0.1) is 0 Å². The van der Waals surface area contributed by atoms with E-state index in [2.05, 4.69) is 11.4 Å². The molecule has 0 heterocycles. The van der Waals surface area contributed by atoms with Crippen LogP contribution in [-0.4, -0.2) is 12.0 Å². The smallest absolute Gasteiger partial charge is 0.265 e. The number of halogens is 1. The van der Waals surface area contributed by atoms with Gasteiger partial charge in [-0.25, -0.2) is 0 Å². The number of para-hydroxylation sites is 1. The normalized spacial score (nSPS) is 14.7. The summed E-state index contributed by atoms with van der Waals surface area (Å²) in [6, 6.07) is 13.3. The SMILES string of the molecule is C[C@@H](Oc1cccc2c1CCCC2)C(=O)Nc1ccccc1Cl. The lowest BCUT2D eigenvalue weighted by Crippen LogP contribution is -2.30. The number of nitrogens with one attached hydrogen (secondary N) is 1. The number of aryl methyl sites for hydroxylation is 1. The van der Waals surface area contributed by atoms with E-state index in [0.717, 1.165) is 18.6 Å². The van der Waals surface area contributed by atoms with Crippen molar-refractivity contribution >= 4 is 23.2 Å². The van der Waals surface area contributed by atoms with Crippen molar-refractivity contribution in [1.29, 1.82) is 0 Å². The van der Waals surface area contributed by atoms with Gasteiger partial charge in [-0.1, -0.05) is 35.9 Å². The molecule has 0 aromatic heterocycles. The molecule has 3 nitrogen and oxygen atoms in total. The standard InChI is InChI=1S/C19H20ClNO2/c1-13(19(22)21-17-11-5-4-10-16(17)20)23-18-12-6-8-14-7-2-3-9-15(14)18/h4-6,8,10-13H,2-3,7,9H2,1H3,(H,21,22)/t13-/m1/s1. The molecular formula is C19H20ClNO2. The van der Waals surface area contributed by atoms with Crippen LogP contribution in [0.1, 0.15) is 30.9 Å². The second-order valence-corrected chi connectivity index (χ2v) is 6.24. The molecule has 0 unspecified atom stereocenters. The van der Waals surface area contributed by atoms with Gasteiger partial charge in [0.05, 0.1) is 10.7 Å². The van der Waals surface area contributed by atoms with E-state index in [1.165, 1.54) is 24.0 Å². The van der Waals surface area contributed by atoms with E-state index in [1.807, 2.05) is 24.3 Å². The molecule has 0 saturated heterocycles.